The van der Waals surface area contributed by atoms with E-state index in [-0.39, 0.29) is 19.1 Å². The van der Waals surface area contributed by atoms with E-state index >= 15 is 0 Å². The molecule has 8 heteroatoms. The smallest absolute Gasteiger partial charge is 0.338 e. The number of esters is 1. The number of rotatable bonds is 6. The third-order valence-electron chi connectivity index (χ3n) is 5.08. The number of benzene rings is 2. The van der Waals surface area contributed by atoms with Gasteiger partial charge in [0.15, 0.2) is 0 Å². The molecule has 0 radical (unpaired) electrons. The fourth-order valence-electron chi connectivity index (χ4n) is 3.52. The van der Waals surface area contributed by atoms with Crippen LogP contribution in [0.2, 0.25) is 0 Å². The molecule has 0 fully saturated rings. The highest BCUT2D eigenvalue weighted by Crippen LogP contribution is 2.35. The van der Waals surface area contributed by atoms with Crippen molar-refractivity contribution in [3.8, 4) is 0 Å². The molecule has 2 heterocycles. The number of carbonyl (C=O) groups excluding carboxylic acids is 3. The number of hydrogen-bond acceptors (Lipinski definition) is 5. The Labute approximate surface area is 178 Å². The van der Waals surface area contributed by atoms with Crippen LogP contribution in [0.3, 0.4) is 0 Å². The van der Waals surface area contributed by atoms with Gasteiger partial charge < -0.3 is 15.4 Å². The molecule has 2 aliphatic rings. The number of hydrogen-bond donors (Lipinski definition) is 2. The molecular formula is C22H21N3O4S. The lowest BCUT2D eigenvalue weighted by Gasteiger charge is -2.32. The first-order valence-electron chi connectivity index (χ1n) is 9.49. The van der Waals surface area contributed by atoms with Crippen LogP contribution in [0.15, 0.2) is 70.8 Å². The van der Waals surface area contributed by atoms with Gasteiger partial charge in [-0.05, 0) is 29.5 Å². The number of carbonyl (C=O) groups is 3. The molecule has 0 spiro atoms. The number of ether oxygens (including phenoxy) is 1. The molecule has 0 aliphatic carbocycles. The molecule has 30 heavy (non-hydrogen) atoms. The van der Waals surface area contributed by atoms with Crippen LogP contribution < -0.4 is 10.6 Å². The SMILES string of the molecule is CSc1ccc([C@@H]2NC(=O)N(CC(=O)NCc3ccccc3)C3=C2C(=O)OC3)cc1. The van der Waals surface area contributed by atoms with Gasteiger partial charge in [0.05, 0.1) is 17.3 Å². The van der Waals surface area contributed by atoms with E-state index in [1.54, 1.807) is 11.8 Å². The summed E-state index contributed by atoms with van der Waals surface area (Å²) in [6.07, 6.45) is 1.98. The summed E-state index contributed by atoms with van der Waals surface area (Å²) in [6, 6.07) is 16.1. The Bertz CT molecular complexity index is 1000. The molecule has 0 unspecified atom stereocenters. The zero-order valence-corrected chi connectivity index (χ0v) is 17.2. The lowest BCUT2D eigenvalue weighted by atomic mass is 9.96. The molecule has 2 aliphatic heterocycles. The van der Waals surface area contributed by atoms with Crippen LogP contribution in [0.25, 0.3) is 0 Å². The molecule has 4 rings (SSSR count). The summed E-state index contributed by atoms with van der Waals surface area (Å²) in [7, 11) is 0. The van der Waals surface area contributed by atoms with E-state index in [9.17, 15) is 14.4 Å². The van der Waals surface area contributed by atoms with Crippen molar-refractivity contribution in [3.63, 3.8) is 0 Å². The number of nitrogens with zero attached hydrogens (tertiary/aromatic N) is 1. The molecule has 2 aromatic carbocycles. The number of thioether (sulfide) groups is 1. The number of cyclic esters (lactones) is 1. The van der Waals surface area contributed by atoms with Gasteiger partial charge in [0.1, 0.15) is 13.2 Å². The normalized spacial score (nSPS) is 18.0. The van der Waals surface area contributed by atoms with Gasteiger partial charge >= 0.3 is 12.0 Å². The molecular weight excluding hydrogens is 402 g/mol. The van der Waals surface area contributed by atoms with Crippen molar-refractivity contribution in [1.82, 2.24) is 15.5 Å². The van der Waals surface area contributed by atoms with Crippen molar-refractivity contribution in [2.24, 2.45) is 0 Å². The fraction of sp³-hybridized carbons (Fsp3) is 0.227. The van der Waals surface area contributed by atoms with Gasteiger partial charge in [-0.1, -0.05) is 42.5 Å². The highest BCUT2D eigenvalue weighted by Gasteiger charge is 2.42. The van der Waals surface area contributed by atoms with Crippen molar-refractivity contribution in [1.29, 1.82) is 0 Å². The Balaban J connectivity index is 1.52. The number of urea groups is 1. The maximum absolute atomic E-state index is 12.8. The van der Waals surface area contributed by atoms with Gasteiger partial charge in [-0.2, -0.15) is 0 Å². The number of amides is 3. The first-order valence-corrected chi connectivity index (χ1v) is 10.7. The monoisotopic (exact) mass is 423 g/mol. The van der Waals surface area contributed by atoms with E-state index in [2.05, 4.69) is 10.6 Å². The van der Waals surface area contributed by atoms with Gasteiger partial charge in [0.25, 0.3) is 0 Å². The molecule has 0 saturated carbocycles. The van der Waals surface area contributed by atoms with Crippen molar-refractivity contribution < 1.29 is 19.1 Å². The third-order valence-corrected chi connectivity index (χ3v) is 5.83. The minimum Gasteiger partial charge on any atom is -0.456 e. The van der Waals surface area contributed by atoms with Gasteiger partial charge in [-0.3, -0.25) is 9.69 Å². The van der Waals surface area contributed by atoms with Crippen molar-refractivity contribution >= 4 is 29.7 Å². The topological polar surface area (TPSA) is 87.7 Å². The molecule has 2 aromatic rings. The predicted molar refractivity (Wildman–Crippen MR) is 112 cm³/mol. The average Bonchev–Trinajstić information content (AvgIpc) is 3.16. The third kappa shape index (κ3) is 4.04. The van der Waals surface area contributed by atoms with Crippen molar-refractivity contribution in [2.75, 3.05) is 19.4 Å². The molecule has 7 nitrogen and oxygen atoms in total. The van der Waals surface area contributed by atoms with Crippen LogP contribution in [-0.4, -0.2) is 42.2 Å². The van der Waals surface area contributed by atoms with Crippen molar-refractivity contribution in [3.05, 3.63) is 77.0 Å². The summed E-state index contributed by atoms with van der Waals surface area (Å²) in [5.41, 5.74) is 2.57. The molecule has 0 saturated heterocycles. The summed E-state index contributed by atoms with van der Waals surface area (Å²) in [5.74, 6) is -0.790. The Hall–Kier alpha value is -3.26. The molecule has 0 aromatic heterocycles. The summed E-state index contributed by atoms with van der Waals surface area (Å²) >= 11 is 1.61. The van der Waals surface area contributed by atoms with Crippen LogP contribution >= 0.6 is 11.8 Å². The van der Waals surface area contributed by atoms with E-state index in [0.29, 0.717) is 17.8 Å². The minimum absolute atomic E-state index is 0.0209. The Kier molecular flexibility index (Phi) is 5.76. The fourth-order valence-corrected chi connectivity index (χ4v) is 3.93. The van der Waals surface area contributed by atoms with Gasteiger partial charge in [0.2, 0.25) is 5.91 Å². The Morgan fingerprint density at radius 2 is 1.90 bits per heavy atom. The van der Waals surface area contributed by atoms with E-state index in [4.69, 9.17) is 4.74 Å². The predicted octanol–water partition coefficient (Wildman–Crippen LogP) is 2.60. The quantitative estimate of drug-likeness (QED) is 0.551. The molecule has 0 bridgehead atoms. The second-order valence-electron chi connectivity index (χ2n) is 6.94. The van der Waals surface area contributed by atoms with E-state index in [1.807, 2.05) is 60.9 Å². The zero-order valence-electron chi connectivity index (χ0n) is 16.4. The van der Waals surface area contributed by atoms with Crippen LogP contribution in [0.5, 0.6) is 0 Å². The first kappa shape index (κ1) is 20.0. The molecule has 2 N–H and O–H groups in total. The highest BCUT2D eigenvalue weighted by molar-refractivity contribution is 7.98. The van der Waals surface area contributed by atoms with E-state index < -0.39 is 18.0 Å². The van der Waals surface area contributed by atoms with Crippen LogP contribution in [-0.2, 0) is 20.9 Å². The van der Waals surface area contributed by atoms with Gasteiger partial charge in [0, 0.05) is 11.4 Å². The zero-order chi connectivity index (χ0) is 21.1. The van der Waals surface area contributed by atoms with Crippen LogP contribution in [0, 0.1) is 0 Å². The average molecular weight is 423 g/mol. The Morgan fingerprint density at radius 3 is 2.60 bits per heavy atom. The number of nitrogens with one attached hydrogen (secondary N) is 2. The molecule has 1 atom stereocenters. The van der Waals surface area contributed by atoms with E-state index in [1.165, 1.54) is 4.90 Å². The lowest BCUT2D eigenvalue weighted by molar-refractivity contribution is -0.136. The van der Waals surface area contributed by atoms with Crippen LogP contribution in [0.4, 0.5) is 4.79 Å². The lowest BCUT2D eigenvalue weighted by Crippen LogP contribution is -2.50. The standard InChI is InChI=1S/C22H21N3O4S/c1-30-16-9-7-15(8-10-16)20-19-17(13-29-21(19)27)25(22(28)24-20)12-18(26)23-11-14-5-3-2-4-6-14/h2-10,20H,11-13H2,1H3,(H,23,26)(H,24,28)/t20-/m0/s1. The molecule has 154 valence electrons. The summed E-state index contributed by atoms with van der Waals surface area (Å²) < 4.78 is 5.20. The highest BCUT2D eigenvalue weighted by atomic mass is 32.2. The van der Waals surface area contributed by atoms with Gasteiger partial charge in [-0.15, -0.1) is 11.8 Å². The summed E-state index contributed by atoms with van der Waals surface area (Å²) in [4.78, 5) is 40.0. The second-order valence-corrected chi connectivity index (χ2v) is 7.82. The van der Waals surface area contributed by atoms with E-state index in [0.717, 1.165) is 16.0 Å². The Morgan fingerprint density at radius 1 is 1.17 bits per heavy atom. The second kappa shape index (κ2) is 8.62. The largest absolute Gasteiger partial charge is 0.456 e. The minimum atomic E-state index is -0.595. The summed E-state index contributed by atoms with van der Waals surface area (Å²) in [6.45, 7) is 0.153. The van der Waals surface area contributed by atoms with Gasteiger partial charge in [-0.25, -0.2) is 9.59 Å². The maximum atomic E-state index is 12.8. The molecule has 3 amide bonds. The van der Waals surface area contributed by atoms with Crippen molar-refractivity contribution in [2.45, 2.75) is 17.5 Å². The maximum Gasteiger partial charge on any atom is 0.338 e. The van der Waals surface area contributed by atoms with Crippen LogP contribution in [0.1, 0.15) is 17.2 Å². The summed E-state index contributed by atoms with van der Waals surface area (Å²) in [5, 5.41) is 5.64. The first-order chi connectivity index (χ1) is 14.6.